The topological polar surface area (TPSA) is 89.6 Å². The summed E-state index contributed by atoms with van der Waals surface area (Å²) in [5, 5.41) is 10.4. The Labute approximate surface area is 114 Å². The van der Waals surface area contributed by atoms with E-state index in [1.807, 2.05) is 0 Å². The summed E-state index contributed by atoms with van der Waals surface area (Å²) in [6.45, 7) is 0. The fourth-order valence-electron chi connectivity index (χ4n) is 2.28. The number of amides is 1. The van der Waals surface area contributed by atoms with Gasteiger partial charge in [0, 0.05) is 10.9 Å². The van der Waals surface area contributed by atoms with Crippen molar-refractivity contribution in [2.45, 2.75) is 12.8 Å². The molecule has 0 fully saturated rings. The van der Waals surface area contributed by atoms with Crippen molar-refractivity contribution in [1.29, 1.82) is 0 Å². The Morgan fingerprint density at radius 1 is 1.15 bits per heavy atom. The summed E-state index contributed by atoms with van der Waals surface area (Å²) in [7, 11) is 0. The van der Waals surface area contributed by atoms with Crippen molar-refractivity contribution in [3.63, 3.8) is 0 Å². The first-order valence-electron chi connectivity index (χ1n) is 6.20. The Morgan fingerprint density at radius 3 is 2.75 bits per heavy atom. The number of carbonyl (C=O) groups is 1. The van der Waals surface area contributed by atoms with Crippen LogP contribution in [0.15, 0.2) is 45.6 Å². The van der Waals surface area contributed by atoms with Crippen LogP contribution < -0.4 is 5.73 Å². The zero-order chi connectivity index (χ0) is 14.1. The van der Waals surface area contributed by atoms with Gasteiger partial charge in [0.2, 0.25) is 0 Å². The molecule has 0 saturated carbocycles. The van der Waals surface area contributed by atoms with Gasteiger partial charge in [-0.2, -0.15) is 0 Å². The zero-order valence-corrected chi connectivity index (χ0v) is 10.6. The monoisotopic (exact) mass is 271 g/mol. The van der Waals surface area contributed by atoms with E-state index < -0.39 is 5.91 Å². The van der Waals surface area contributed by atoms with E-state index in [0.29, 0.717) is 12.8 Å². The molecule has 3 rings (SSSR count). The van der Waals surface area contributed by atoms with E-state index >= 15 is 0 Å². The lowest BCUT2D eigenvalue weighted by molar-refractivity contribution is 0.0972. The van der Waals surface area contributed by atoms with Gasteiger partial charge in [-0.05, 0) is 42.7 Å². The minimum absolute atomic E-state index is 0.195. The number of hydrogen-bond acceptors (Lipinski definition) is 4. The molecule has 20 heavy (non-hydrogen) atoms. The van der Waals surface area contributed by atoms with Crippen LogP contribution >= 0.6 is 0 Å². The van der Waals surface area contributed by atoms with Crippen LogP contribution in [0.25, 0.3) is 11.0 Å². The molecule has 0 bridgehead atoms. The number of furan rings is 2. The summed E-state index contributed by atoms with van der Waals surface area (Å²) >= 11 is 0. The van der Waals surface area contributed by atoms with Gasteiger partial charge in [-0.1, -0.05) is 0 Å². The van der Waals surface area contributed by atoms with E-state index in [1.54, 1.807) is 30.5 Å². The maximum Gasteiger partial charge on any atom is 0.284 e. The molecule has 0 aliphatic rings. The number of benzene rings is 1. The van der Waals surface area contributed by atoms with Gasteiger partial charge >= 0.3 is 0 Å². The third kappa shape index (κ3) is 2.14. The maximum atomic E-state index is 11.2. The average Bonchev–Trinajstić information content (AvgIpc) is 3.02. The van der Waals surface area contributed by atoms with Crippen molar-refractivity contribution in [3.05, 3.63) is 53.7 Å². The van der Waals surface area contributed by atoms with Crippen molar-refractivity contribution in [1.82, 2.24) is 0 Å². The van der Waals surface area contributed by atoms with Crippen LogP contribution in [0.5, 0.6) is 5.75 Å². The molecule has 3 aromatic rings. The standard InChI is InChI=1S/C15H13NO4/c16-15(18)14-9(5-6-19-14)1-2-10-8-20-13-4-3-11(17)7-12(10)13/h3-8,17H,1-2H2,(H2,16,18). The van der Waals surface area contributed by atoms with Gasteiger partial charge in [-0.25, -0.2) is 0 Å². The summed E-state index contributed by atoms with van der Waals surface area (Å²) < 4.78 is 10.5. The lowest BCUT2D eigenvalue weighted by Crippen LogP contribution is -2.12. The second-order valence-corrected chi connectivity index (χ2v) is 4.58. The summed E-state index contributed by atoms with van der Waals surface area (Å²) in [6, 6.07) is 6.70. The molecule has 2 heterocycles. The molecule has 0 atom stereocenters. The molecule has 5 nitrogen and oxygen atoms in total. The van der Waals surface area contributed by atoms with E-state index in [1.165, 1.54) is 6.26 Å². The fourth-order valence-corrected chi connectivity index (χ4v) is 2.28. The molecule has 0 radical (unpaired) electrons. The molecular formula is C15H13NO4. The van der Waals surface area contributed by atoms with Crippen molar-refractivity contribution in [2.75, 3.05) is 0 Å². The minimum Gasteiger partial charge on any atom is -0.508 e. The highest BCUT2D eigenvalue weighted by molar-refractivity contribution is 5.91. The summed E-state index contributed by atoms with van der Waals surface area (Å²) in [5.41, 5.74) is 7.69. The molecule has 0 saturated heterocycles. The van der Waals surface area contributed by atoms with E-state index in [9.17, 15) is 9.90 Å². The Bertz CT molecular complexity index is 769. The van der Waals surface area contributed by atoms with Gasteiger partial charge in [0.25, 0.3) is 5.91 Å². The van der Waals surface area contributed by atoms with Crippen LogP contribution in [0.2, 0.25) is 0 Å². The highest BCUT2D eigenvalue weighted by Gasteiger charge is 2.13. The number of phenols is 1. The zero-order valence-electron chi connectivity index (χ0n) is 10.6. The molecule has 2 aromatic heterocycles. The average molecular weight is 271 g/mol. The van der Waals surface area contributed by atoms with E-state index in [-0.39, 0.29) is 11.5 Å². The van der Waals surface area contributed by atoms with Crippen LogP contribution in [-0.2, 0) is 12.8 Å². The normalized spacial score (nSPS) is 11.0. The van der Waals surface area contributed by atoms with Crippen molar-refractivity contribution < 1.29 is 18.7 Å². The smallest absolute Gasteiger partial charge is 0.284 e. The summed E-state index contributed by atoms with van der Waals surface area (Å²) in [4.78, 5) is 11.2. The van der Waals surface area contributed by atoms with Crippen molar-refractivity contribution >= 4 is 16.9 Å². The predicted octanol–water partition coefficient (Wildman–Crippen LogP) is 2.62. The third-order valence-electron chi connectivity index (χ3n) is 3.27. The quantitative estimate of drug-likeness (QED) is 0.763. The molecule has 0 unspecified atom stereocenters. The molecule has 3 N–H and O–H groups in total. The Morgan fingerprint density at radius 2 is 1.95 bits per heavy atom. The van der Waals surface area contributed by atoms with Gasteiger partial charge in [0.15, 0.2) is 5.76 Å². The molecule has 0 aliphatic heterocycles. The van der Waals surface area contributed by atoms with Crippen LogP contribution in [-0.4, -0.2) is 11.0 Å². The lowest BCUT2D eigenvalue weighted by atomic mass is 10.0. The van der Waals surface area contributed by atoms with Crippen LogP contribution in [0.4, 0.5) is 0 Å². The number of fused-ring (bicyclic) bond motifs is 1. The Kier molecular flexibility index (Phi) is 2.95. The number of aryl methyl sites for hydroxylation is 2. The molecule has 1 aromatic carbocycles. The van der Waals surface area contributed by atoms with Crippen LogP contribution in [0, 0.1) is 0 Å². The first kappa shape index (κ1) is 12.3. The molecule has 0 spiro atoms. The van der Waals surface area contributed by atoms with E-state index in [2.05, 4.69) is 0 Å². The van der Waals surface area contributed by atoms with Gasteiger partial charge in [-0.15, -0.1) is 0 Å². The largest absolute Gasteiger partial charge is 0.508 e. The second kappa shape index (κ2) is 4.77. The van der Waals surface area contributed by atoms with Crippen LogP contribution in [0.3, 0.4) is 0 Å². The maximum absolute atomic E-state index is 11.2. The van der Waals surface area contributed by atoms with Gasteiger partial charge in [-0.3, -0.25) is 4.79 Å². The molecule has 5 heteroatoms. The summed E-state index contributed by atoms with van der Waals surface area (Å²) in [6.07, 6.45) is 4.39. The predicted molar refractivity (Wildman–Crippen MR) is 72.5 cm³/mol. The number of primary amides is 1. The number of hydrogen-bond donors (Lipinski definition) is 2. The highest BCUT2D eigenvalue weighted by atomic mass is 16.3. The number of phenolic OH excluding ortho intramolecular Hbond substituents is 1. The highest BCUT2D eigenvalue weighted by Crippen LogP contribution is 2.26. The van der Waals surface area contributed by atoms with E-state index in [4.69, 9.17) is 14.6 Å². The first-order chi connectivity index (χ1) is 9.65. The molecule has 102 valence electrons. The number of nitrogens with two attached hydrogens (primary N) is 1. The molecule has 0 aliphatic carbocycles. The first-order valence-corrected chi connectivity index (χ1v) is 6.20. The Balaban J connectivity index is 1.85. The fraction of sp³-hybridized carbons (Fsp3) is 0.133. The van der Waals surface area contributed by atoms with Gasteiger partial charge < -0.3 is 19.7 Å². The van der Waals surface area contributed by atoms with Crippen molar-refractivity contribution in [3.8, 4) is 5.75 Å². The Hall–Kier alpha value is -2.69. The van der Waals surface area contributed by atoms with Gasteiger partial charge in [0.1, 0.15) is 11.3 Å². The van der Waals surface area contributed by atoms with Gasteiger partial charge in [0.05, 0.1) is 12.5 Å². The van der Waals surface area contributed by atoms with Crippen LogP contribution in [0.1, 0.15) is 21.7 Å². The molecule has 1 amide bonds. The second-order valence-electron chi connectivity index (χ2n) is 4.58. The number of aromatic hydroxyl groups is 1. The number of carbonyl (C=O) groups excluding carboxylic acids is 1. The SMILES string of the molecule is NC(=O)c1occc1CCc1coc2ccc(O)cc12. The summed E-state index contributed by atoms with van der Waals surface area (Å²) in [5.74, 6) is -0.179. The minimum atomic E-state index is -0.570. The van der Waals surface area contributed by atoms with E-state index in [0.717, 1.165) is 22.1 Å². The third-order valence-corrected chi connectivity index (χ3v) is 3.27. The lowest BCUT2D eigenvalue weighted by Gasteiger charge is -1.99. The van der Waals surface area contributed by atoms with Crippen molar-refractivity contribution in [2.24, 2.45) is 5.73 Å². The molecular weight excluding hydrogens is 258 g/mol. The number of rotatable bonds is 4.